The molecule has 6 N–H and O–H groups in total. The summed E-state index contributed by atoms with van der Waals surface area (Å²) in [6.45, 7) is 10.7. The van der Waals surface area contributed by atoms with E-state index in [9.17, 15) is 18.9 Å². The average Bonchev–Trinajstić information content (AvgIpc) is 2.52. The molecule has 0 aromatic rings. The van der Waals surface area contributed by atoms with Gasteiger partial charge < -0.3 is 31.0 Å². The van der Waals surface area contributed by atoms with Gasteiger partial charge in [0.15, 0.2) is 5.66 Å². The Hall–Kier alpha value is -1.48. The molecule has 2 amide bonds. The Morgan fingerprint density at radius 3 is 1.69 bits per heavy atom. The first-order chi connectivity index (χ1) is 13.3. The third kappa shape index (κ3) is 13.4. The average molecular weight is 439 g/mol. The molecule has 11 heteroatoms. The van der Waals surface area contributed by atoms with Gasteiger partial charge in [-0.2, -0.15) is 0 Å². The first-order valence-corrected chi connectivity index (χ1v) is 11.2. The number of hydrogen-bond acceptors (Lipinski definition) is 8. The summed E-state index contributed by atoms with van der Waals surface area (Å²) >= 11 is 0. The molecule has 172 valence electrons. The summed E-state index contributed by atoms with van der Waals surface area (Å²) in [5, 5.41) is 0. The van der Waals surface area contributed by atoms with E-state index in [0.29, 0.717) is 19.4 Å². The van der Waals surface area contributed by atoms with Crippen LogP contribution in [0.1, 0.15) is 60.8 Å². The van der Waals surface area contributed by atoms with Crippen LogP contribution in [-0.4, -0.2) is 48.8 Å². The highest BCUT2D eigenvalue weighted by atomic mass is 31.2. The van der Waals surface area contributed by atoms with Gasteiger partial charge in [-0.25, -0.2) is 0 Å². The molecule has 0 aromatic heterocycles. The van der Waals surface area contributed by atoms with E-state index in [1.54, 1.807) is 13.8 Å². The highest BCUT2D eigenvalue weighted by Gasteiger charge is 2.47. The van der Waals surface area contributed by atoms with E-state index in [1.807, 2.05) is 20.8 Å². The number of carbonyl (C=O) groups is 3. The van der Waals surface area contributed by atoms with E-state index in [1.165, 1.54) is 6.92 Å². The Morgan fingerprint density at radius 2 is 1.45 bits per heavy atom. The molecular weight excluding hydrogens is 401 g/mol. The molecule has 0 aliphatic carbocycles. The van der Waals surface area contributed by atoms with Crippen LogP contribution in [0.2, 0.25) is 0 Å². The van der Waals surface area contributed by atoms with E-state index in [2.05, 4.69) is 0 Å². The summed E-state index contributed by atoms with van der Waals surface area (Å²) in [5.74, 6) is -2.90. The number of amides is 2. The fourth-order valence-electron chi connectivity index (χ4n) is 2.53. The topological polar surface area (TPSA) is 174 Å². The molecule has 0 spiro atoms. The van der Waals surface area contributed by atoms with Crippen molar-refractivity contribution in [1.82, 2.24) is 0 Å². The van der Waals surface area contributed by atoms with Crippen LogP contribution < -0.4 is 17.2 Å². The fourth-order valence-corrected chi connectivity index (χ4v) is 4.69. The Labute approximate surface area is 173 Å². The third-order valence-corrected chi connectivity index (χ3v) is 5.95. The summed E-state index contributed by atoms with van der Waals surface area (Å²) in [4.78, 5) is 33.6. The molecule has 0 heterocycles. The first-order valence-electron chi connectivity index (χ1n) is 9.62. The summed E-state index contributed by atoms with van der Waals surface area (Å²) in [7, 11) is -3.85. The highest BCUT2D eigenvalue weighted by molar-refractivity contribution is 7.55. The molecule has 0 saturated carbocycles. The number of esters is 1. The zero-order chi connectivity index (χ0) is 23.3. The molecule has 29 heavy (non-hydrogen) atoms. The standard InChI is InChI=1S/C12H26N3O5P.C6H12O2/c1-3-19-21(18,20-4-2)10(12(15)17)9(11(14)16)7-5-6-8-13;1-5(7)8-6(2,3)4/h9-10H,3-8,13H2,1-2H3,(H2,14,16)(H2,15,17);1-4H3. The molecule has 2 unspecified atom stereocenters. The zero-order valence-electron chi connectivity index (χ0n) is 18.4. The van der Waals surface area contributed by atoms with Crippen molar-refractivity contribution < 1.29 is 32.7 Å². The molecule has 2 atom stereocenters. The summed E-state index contributed by atoms with van der Waals surface area (Å²) in [6, 6.07) is 0. The number of primary amides is 2. The number of ether oxygens (including phenoxy) is 1. The maximum atomic E-state index is 12.8. The van der Waals surface area contributed by atoms with Gasteiger partial charge in [-0.3, -0.25) is 18.9 Å². The second-order valence-electron chi connectivity index (χ2n) is 7.22. The Kier molecular flexibility index (Phi) is 14.9. The van der Waals surface area contributed by atoms with Gasteiger partial charge in [0.1, 0.15) is 5.60 Å². The van der Waals surface area contributed by atoms with Crippen LogP contribution in [0.5, 0.6) is 0 Å². The third-order valence-electron chi connectivity index (χ3n) is 3.42. The monoisotopic (exact) mass is 439 g/mol. The molecule has 10 nitrogen and oxygen atoms in total. The van der Waals surface area contributed by atoms with E-state index >= 15 is 0 Å². The highest BCUT2D eigenvalue weighted by Crippen LogP contribution is 2.56. The second kappa shape index (κ2) is 14.5. The molecule has 0 bridgehead atoms. The predicted octanol–water partition coefficient (Wildman–Crippen LogP) is 1.68. The van der Waals surface area contributed by atoms with Crippen LogP contribution in [0.25, 0.3) is 0 Å². The lowest BCUT2D eigenvalue weighted by Gasteiger charge is -2.28. The number of carbonyl (C=O) groups excluding carboxylic acids is 3. The van der Waals surface area contributed by atoms with Gasteiger partial charge in [0.25, 0.3) is 0 Å². The predicted molar refractivity (Wildman–Crippen MR) is 111 cm³/mol. The molecule has 0 aliphatic rings. The quantitative estimate of drug-likeness (QED) is 0.234. The molecule has 0 aromatic carbocycles. The Morgan fingerprint density at radius 1 is 0.966 bits per heavy atom. The van der Waals surface area contributed by atoms with Crippen molar-refractivity contribution in [2.75, 3.05) is 19.8 Å². The number of unbranched alkanes of at least 4 members (excludes halogenated alkanes) is 1. The van der Waals surface area contributed by atoms with Crippen molar-refractivity contribution in [3.05, 3.63) is 0 Å². The van der Waals surface area contributed by atoms with Crippen LogP contribution in [-0.2, 0) is 32.7 Å². The van der Waals surface area contributed by atoms with Crippen molar-refractivity contribution >= 4 is 25.4 Å². The minimum atomic E-state index is -3.85. The molecular formula is C18H38N3O7P. The molecule has 0 radical (unpaired) electrons. The fraction of sp³-hybridized carbons (Fsp3) is 0.833. The van der Waals surface area contributed by atoms with Crippen molar-refractivity contribution in [3.63, 3.8) is 0 Å². The van der Waals surface area contributed by atoms with Crippen molar-refractivity contribution in [2.45, 2.75) is 72.1 Å². The van der Waals surface area contributed by atoms with Gasteiger partial charge in [-0.05, 0) is 54.0 Å². The second-order valence-corrected chi connectivity index (χ2v) is 9.37. The lowest BCUT2D eigenvalue weighted by molar-refractivity contribution is -0.151. The lowest BCUT2D eigenvalue weighted by Crippen LogP contribution is -2.42. The van der Waals surface area contributed by atoms with Crippen molar-refractivity contribution in [2.24, 2.45) is 23.1 Å². The maximum absolute atomic E-state index is 12.8. The van der Waals surface area contributed by atoms with Crippen LogP contribution in [0, 0.1) is 5.92 Å². The van der Waals surface area contributed by atoms with Crippen molar-refractivity contribution in [1.29, 1.82) is 0 Å². The lowest BCUT2D eigenvalue weighted by atomic mass is 9.97. The van der Waals surface area contributed by atoms with Gasteiger partial charge in [0.05, 0.1) is 19.1 Å². The van der Waals surface area contributed by atoms with Crippen LogP contribution in [0.15, 0.2) is 0 Å². The van der Waals surface area contributed by atoms with Crippen molar-refractivity contribution in [3.8, 4) is 0 Å². The minimum absolute atomic E-state index is 0.0648. The minimum Gasteiger partial charge on any atom is -0.460 e. The number of hydrogen-bond donors (Lipinski definition) is 3. The maximum Gasteiger partial charge on any atom is 0.343 e. The number of nitrogens with two attached hydrogens (primary N) is 3. The summed E-state index contributed by atoms with van der Waals surface area (Å²) in [5.41, 5.74) is 14.3. The van der Waals surface area contributed by atoms with Gasteiger partial charge in [0.2, 0.25) is 11.8 Å². The molecule has 0 rings (SSSR count). The smallest absolute Gasteiger partial charge is 0.343 e. The SMILES string of the molecule is CC(=O)OC(C)(C)C.CCOP(=O)(OCC)C(C(N)=O)C(CCCCN)C(N)=O. The van der Waals surface area contributed by atoms with E-state index in [0.717, 1.165) is 0 Å². The van der Waals surface area contributed by atoms with Gasteiger partial charge in [-0.1, -0.05) is 6.42 Å². The summed E-state index contributed by atoms with van der Waals surface area (Å²) in [6.07, 6.45) is 1.47. The summed E-state index contributed by atoms with van der Waals surface area (Å²) < 4.78 is 27.8. The largest absolute Gasteiger partial charge is 0.460 e. The molecule has 0 fully saturated rings. The van der Waals surface area contributed by atoms with E-state index in [-0.39, 0.29) is 31.2 Å². The van der Waals surface area contributed by atoms with Gasteiger partial charge in [0, 0.05) is 6.92 Å². The Bertz CT molecular complexity index is 554. The number of rotatable bonds is 12. The van der Waals surface area contributed by atoms with Gasteiger partial charge in [-0.15, -0.1) is 0 Å². The van der Waals surface area contributed by atoms with Crippen LogP contribution in [0.3, 0.4) is 0 Å². The van der Waals surface area contributed by atoms with E-state index < -0.39 is 31.0 Å². The molecule has 0 aliphatic heterocycles. The zero-order valence-corrected chi connectivity index (χ0v) is 19.3. The normalized spacial score (nSPS) is 13.6. The van der Waals surface area contributed by atoms with Crippen LogP contribution in [0.4, 0.5) is 0 Å². The first kappa shape index (κ1) is 29.7. The Balaban J connectivity index is 0. The van der Waals surface area contributed by atoms with Crippen LogP contribution >= 0.6 is 7.60 Å². The van der Waals surface area contributed by atoms with Gasteiger partial charge >= 0.3 is 13.6 Å². The van der Waals surface area contributed by atoms with E-state index in [4.69, 9.17) is 31.0 Å². The molecule has 0 saturated heterocycles.